The van der Waals surface area contributed by atoms with E-state index < -0.39 is 36.5 Å². The van der Waals surface area contributed by atoms with E-state index in [1.54, 1.807) is 11.6 Å². The fourth-order valence-corrected chi connectivity index (χ4v) is 6.65. The van der Waals surface area contributed by atoms with Crippen molar-refractivity contribution in [3.63, 3.8) is 0 Å². The van der Waals surface area contributed by atoms with E-state index in [9.17, 15) is 28.2 Å². The van der Waals surface area contributed by atoms with Crippen molar-refractivity contribution in [2.45, 2.75) is 56.5 Å². The average molecular weight is 607 g/mol. The van der Waals surface area contributed by atoms with E-state index in [0.29, 0.717) is 58.2 Å². The summed E-state index contributed by atoms with van der Waals surface area (Å²) in [5, 5.41) is 29.7. The Labute approximate surface area is 242 Å². The van der Waals surface area contributed by atoms with Crippen LogP contribution in [0.2, 0.25) is 5.02 Å². The summed E-state index contributed by atoms with van der Waals surface area (Å²) in [6, 6.07) is 4.25. The van der Waals surface area contributed by atoms with Crippen LogP contribution in [-0.2, 0) is 4.79 Å². The molecular weight excluding hydrogens is 581 g/mol. The number of aliphatic imine (C=N–C) groups is 1. The van der Waals surface area contributed by atoms with E-state index >= 15 is 0 Å². The third-order valence-electron chi connectivity index (χ3n) is 7.72. The number of fused-ring (bicyclic) bond motifs is 1. The van der Waals surface area contributed by atoms with Gasteiger partial charge < -0.3 is 20.4 Å². The highest BCUT2D eigenvalue weighted by Crippen LogP contribution is 2.46. The van der Waals surface area contributed by atoms with Crippen molar-refractivity contribution < 1.29 is 28.2 Å². The topological polar surface area (TPSA) is 116 Å². The predicted molar refractivity (Wildman–Crippen MR) is 146 cm³/mol. The van der Waals surface area contributed by atoms with Crippen LogP contribution in [0, 0.1) is 11.7 Å². The highest BCUT2D eigenvalue weighted by atomic mass is 35.5. The number of nitrogens with zero attached hydrogens (tertiary/aromatic N) is 5. The number of halogens is 4. The molecule has 0 bridgehead atoms. The van der Waals surface area contributed by atoms with Crippen molar-refractivity contribution in [1.29, 1.82) is 0 Å². The van der Waals surface area contributed by atoms with Gasteiger partial charge in [0, 0.05) is 58.5 Å². The second kappa shape index (κ2) is 11.2. The number of alkyl halides is 2. The molecule has 4 unspecified atom stereocenters. The van der Waals surface area contributed by atoms with E-state index in [4.69, 9.17) is 16.6 Å². The maximum atomic E-state index is 14.0. The number of nitrogens with one attached hydrogen (secondary N) is 1. The second-order valence-electron chi connectivity index (χ2n) is 10.3. The van der Waals surface area contributed by atoms with Crippen molar-refractivity contribution in [1.82, 2.24) is 25.0 Å². The van der Waals surface area contributed by atoms with Gasteiger partial charge in [-0.1, -0.05) is 17.7 Å². The number of hydrogen-bond donors (Lipinski definition) is 3. The largest absolute Gasteiger partial charge is 0.390 e. The number of amides is 1. The van der Waals surface area contributed by atoms with Gasteiger partial charge in [-0.05, 0) is 37.5 Å². The van der Waals surface area contributed by atoms with Crippen molar-refractivity contribution in [3.8, 4) is 0 Å². The van der Waals surface area contributed by atoms with Crippen LogP contribution in [-0.4, -0.2) is 66.4 Å². The molecule has 1 aliphatic carbocycles. The van der Waals surface area contributed by atoms with Gasteiger partial charge in [-0.3, -0.25) is 9.79 Å². The normalized spacial score (nSPS) is 26.4. The van der Waals surface area contributed by atoms with Crippen LogP contribution < -0.4 is 5.32 Å². The lowest BCUT2D eigenvalue weighted by molar-refractivity contribution is -0.130. The molecule has 3 aromatic rings. The van der Waals surface area contributed by atoms with Gasteiger partial charge in [0.2, 0.25) is 5.91 Å². The van der Waals surface area contributed by atoms with Gasteiger partial charge in [0.1, 0.15) is 11.9 Å². The minimum atomic E-state index is -2.85. The third-order valence-corrected chi connectivity index (χ3v) is 8.82. The molecule has 3 N–H and O–H groups in total. The molecule has 3 aliphatic rings. The summed E-state index contributed by atoms with van der Waals surface area (Å²) in [7, 11) is 0. The summed E-state index contributed by atoms with van der Waals surface area (Å²) in [6.07, 6.45) is 2.31. The molecule has 6 rings (SSSR count). The van der Waals surface area contributed by atoms with Crippen LogP contribution in [0.1, 0.15) is 54.5 Å². The summed E-state index contributed by atoms with van der Waals surface area (Å²) >= 11 is 7.86. The molecule has 0 spiro atoms. The van der Waals surface area contributed by atoms with Crippen molar-refractivity contribution in [2.24, 2.45) is 10.9 Å². The lowest BCUT2D eigenvalue weighted by Crippen LogP contribution is -2.45. The molecule has 5 atom stereocenters. The average Bonchev–Trinajstić information content (AvgIpc) is 3.70. The number of amidine groups is 1. The SMILES string of the molecule is O=C(NC1CC2=C(c3ccn(C(F)F)n3)[C@H](c3ccc(F)cc3Cl)N=C(c3nccs3)N2C1)C1CCC(O)C(O)C1. The standard InChI is InChI=1S/C27H26ClF3N6O3S/c28-17-10-14(29)2-3-16(17)23-22(18-5-7-37(35-18)27(30)31)19-11-15(12-36(19)24(34-23)26-32-6-8-41-26)33-25(40)13-1-4-20(38)21(39)9-13/h2-3,5-8,10,13,15,20-21,23,27,38-39H,1,4,9,11-12H2,(H,33,40)/t13?,15?,20?,21?,23-/m0/s1. The zero-order valence-electron chi connectivity index (χ0n) is 21.5. The van der Waals surface area contributed by atoms with Gasteiger partial charge in [-0.25, -0.2) is 14.1 Å². The molecule has 1 saturated carbocycles. The molecule has 216 valence electrons. The Balaban J connectivity index is 1.41. The summed E-state index contributed by atoms with van der Waals surface area (Å²) in [4.78, 5) is 24.5. The number of rotatable bonds is 6. The highest BCUT2D eigenvalue weighted by molar-refractivity contribution is 7.11. The van der Waals surface area contributed by atoms with Gasteiger partial charge >= 0.3 is 6.55 Å². The predicted octanol–water partition coefficient (Wildman–Crippen LogP) is 4.15. The second-order valence-corrected chi connectivity index (χ2v) is 11.6. The monoisotopic (exact) mass is 606 g/mol. The van der Waals surface area contributed by atoms with Crippen LogP contribution >= 0.6 is 22.9 Å². The van der Waals surface area contributed by atoms with Crippen LogP contribution in [0.15, 0.2) is 52.7 Å². The molecular formula is C27H26ClF3N6O3S. The van der Waals surface area contributed by atoms with E-state index in [0.717, 1.165) is 0 Å². The lowest BCUT2D eigenvalue weighted by Gasteiger charge is -2.32. The molecule has 2 aromatic heterocycles. The van der Waals surface area contributed by atoms with Crippen LogP contribution in [0.3, 0.4) is 0 Å². The minimum Gasteiger partial charge on any atom is -0.390 e. The molecule has 1 aromatic carbocycles. The molecule has 1 saturated heterocycles. The summed E-state index contributed by atoms with van der Waals surface area (Å²) < 4.78 is 41.6. The first-order chi connectivity index (χ1) is 19.7. The number of aliphatic hydroxyl groups excluding tert-OH is 2. The number of carbonyl (C=O) groups excluding carboxylic acids is 1. The summed E-state index contributed by atoms with van der Waals surface area (Å²) in [5.41, 5.74) is 1.96. The Kier molecular flexibility index (Phi) is 7.62. The Morgan fingerprint density at radius 3 is 2.71 bits per heavy atom. The summed E-state index contributed by atoms with van der Waals surface area (Å²) in [6.45, 7) is -2.52. The Bertz CT molecular complexity index is 1510. The first-order valence-corrected chi connectivity index (χ1v) is 14.4. The van der Waals surface area contributed by atoms with Gasteiger partial charge in [-0.15, -0.1) is 11.3 Å². The van der Waals surface area contributed by atoms with Crippen molar-refractivity contribution >= 4 is 40.3 Å². The van der Waals surface area contributed by atoms with Gasteiger partial charge in [-0.2, -0.15) is 13.9 Å². The number of carbonyl (C=O) groups is 1. The Hall–Kier alpha value is -3.26. The van der Waals surface area contributed by atoms with Gasteiger partial charge in [0.15, 0.2) is 10.8 Å². The lowest BCUT2D eigenvalue weighted by atomic mass is 9.84. The minimum absolute atomic E-state index is 0.123. The number of benzene rings is 1. The quantitative estimate of drug-likeness (QED) is 0.388. The fraction of sp³-hybridized carbons (Fsp3) is 0.407. The highest BCUT2D eigenvalue weighted by Gasteiger charge is 2.42. The zero-order chi connectivity index (χ0) is 28.8. The molecule has 14 heteroatoms. The molecule has 0 radical (unpaired) electrons. The van der Waals surface area contributed by atoms with Gasteiger partial charge in [0.25, 0.3) is 0 Å². The van der Waals surface area contributed by atoms with E-state index in [2.05, 4.69) is 15.4 Å². The van der Waals surface area contributed by atoms with Crippen LogP contribution in [0.4, 0.5) is 13.2 Å². The number of aromatic nitrogens is 3. The summed E-state index contributed by atoms with van der Waals surface area (Å²) in [5.74, 6) is -0.680. The van der Waals surface area contributed by atoms with Crippen molar-refractivity contribution in [2.75, 3.05) is 6.54 Å². The molecule has 2 fully saturated rings. The fourth-order valence-electron chi connectivity index (χ4n) is 5.74. The number of hydrogen-bond acceptors (Lipinski definition) is 8. The zero-order valence-corrected chi connectivity index (χ0v) is 23.1. The van der Waals surface area contributed by atoms with Crippen LogP contribution in [0.5, 0.6) is 0 Å². The maximum absolute atomic E-state index is 14.0. The maximum Gasteiger partial charge on any atom is 0.333 e. The van der Waals surface area contributed by atoms with Crippen LogP contribution in [0.25, 0.3) is 5.57 Å². The first-order valence-electron chi connectivity index (χ1n) is 13.1. The molecule has 4 heterocycles. The smallest absolute Gasteiger partial charge is 0.333 e. The molecule has 41 heavy (non-hydrogen) atoms. The molecule has 2 aliphatic heterocycles. The number of thiazole rings is 1. The Morgan fingerprint density at radius 2 is 2.02 bits per heavy atom. The van der Waals surface area contributed by atoms with Crippen molar-refractivity contribution in [3.05, 3.63) is 74.8 Å². The Morgan fingerprint density at radius 1 is 1.20 bits per heavy atom. The van der Waals surface area contributed by atoms with Gasteiger partial charge in [0.05, 0.1) is 23.9 Å². The van der Waals surface area contributed by atoms with E-state index in [1.165, 1.54) is 41.8 Å². The van der Waals surface area contributed by atoms with E-state index in [1.807, 2.05) is 4.90 Å². The number of aliphatic hydroxyl groups is 2. The third kappa shape index (κ3) is 5.39. The molecule has 1 amide bonds. The first kappa shape index (κ1) is 27.9. The molecule has 9 nitrogen and oxygen atoms in total. The van der Waals surface area contributed by atoms with E-state index in [-0.39, 0.29) is 29.1 Å².